The maximum atomic E-state index is 12.1. The van der Waals surface area contributed by atoms with E-state index in [9.17, 15) is 14.7 Å². The molecule has 150 valence electrons. The van der Waals surface area contributed by atoms with Crippen LogP contribution in [0.3, 0.4) is 0 Å². The summed E-state index contributed by atoms with van der Waals surface area (Å²) in [6, 6.07) is 3.44. The molecule has 29 heavy (non-hydrogen) atoms. The summed E-state index contributed by atoms with van der Waals surface area (Å²) < 4.78 is 1.67. The number of likely N-dealkylation sites (N-methyl/N-ethyl adjacent to an activating group) is 1. The van der Waals surface area contributed by atoms with E-state index in [-0.39, 0.29) is 18.2 Å². The van der Waals surface area contributed by atoms with Crippen LogP contribution in [-0.4, -0.2) is 55.8 Å². The van der Waals surface area contributed by atoms with E-state index in [2.05, 4.69) is 28.8 Å². The van der Waals surface area contributed by atoms with Gasteiger partial charge in [-0.1, -0.05) is 18.8 Å². The summed E-state index contributed by atoms with van der Waals surface area (Å²) in [6.45, 7) is 2.54. The molecule has 2 aliphatic rings. The molecule has 1 aliphatic heterocycles. The third-order valence-corrected chi connectivity index (χ3v) is 5.68. The van der Waals surface area contributed by atoms with Crippen molar-refractivity contribution in [2.24, 2.45) is 5.73 Å². The molecule has 0 aromatic carbocycles. The van der Waals surface area contributed by atoms with Crippen molar-refractivity contribution in [3.05, 3.63) is 40.8 Å². The van der Waals surface area contributed by atoms with E-state index < -0.39 is 11.5 Å². The molecule has 1 saturated heterocycles. The number of carbonyl (C=O) groups excluding carboxylic acids is 2. The summed E-state index contributed by atoms with van der Waals surface area (Å²) in [7, 11) is 1.64. The average Bonchev–Trinajstić information content (AvgIpc) is 3.22. The van der Waals surface area contributed by atoms with E-state index in [1.54, 1.807) is 30.1 Å². The van der Waals surface area contributed by atoms with Crippen LogP contribution in [0, 0.1) is 11.8 Å². The van der Waals surface area contributed by atoms with Crippen LogP contribution in [0.4, 0.5) is 0 Å². The Hall–Kier alpha value is -3.18. The standard InChI is InChI=1S/C21H23N5O3/c1-13-4-3-5-15-17(13)18(19(22)27)24-26(15)16-12-14(7-10-23-16)6-8-21(29)9-11-25(2)20(21)28/h7,10,12-13,29H,3-5,9,11H2,1-2H3,(H2,22,27). The normalized spacial score (nSPS) is 23.5. The molecule has 1 fully saturated rings. The van der Waals surface area contributed by atoms with E-state index in [1.807, 2.05) is 0 Å². The summed E-state index contributed by atoms with van der Waals surface area (Å²) in [6.07, 6.45) is 4.65. The fourth-order valence-corrected chi connectivity index (χ4v) is 4.07. The van der Waals surface area contributed by atoms with Crippen molar-refractivity contribution in [3.8, 4) is 17.7 Å². The Balaban J connectivity index is 1.73. The second kappa shape index (κ2) is 7.01. The van der Waals surface area contributed by atoms with Crippen LogP contribution in [-0.2, 0) is 11.2 Å². The van der Waals surface area contributed by atoms with E-state index in [1.165, 1.54) is 4.90 Å². The van der Waals surface area contributed by atoms with Gasteiger partial charge in [-0.15, -0.1) is 0 Å². The van der Waals surface area contributed by atoms with Crippen LogP contribution < -0.4 is 5.73 Å². The lowest BCUT2D eigenvalue weighted by Gasteiger charge is -2.20. The topological polar surface area (TPSA) is 114 Å². The van der Waals surface area contributed by atoms with Gasteiger partial charge in [-0.05, 0) is 37.3 Å². The zero-order chi connectivity index (χ0) is 20.8. The molecule has 0 spiro atoms. The lowest BCUT2D eigenvalue weighted by Crippen LogP contribution is -2.37. The minimum atomic E-state index is -1.66. The van der Waals surface area contributed by atoms with Crippen LogP contribution >= 0.6 is 0 Å². The van der Waals surface area contributed by atoms with Gasteiger partial charge >= 0.3 is 0 Å². The van der Waals surface area contributed by atoms with Crippen molar-refractivity contribution in [1.82, 2.24) is 19.7 Å². The minimum Gasteiger partial charge on any atom is -0.369 e. The number of aliphatic hydroxyl groups is 1. The third kappa shape index (κ3) is 3.28. The molecule has 2 unspecified atom stereocenters. The Bertz CT molecular complexity index is 1060. The zero-order valence-electron chi connectivity index (χ0n) is 16.5. The first-order valence-corrected chi connectivity index (χ1v) is 9.69. The number of hydrogen-bond donors (Lipinski definition) is 2. The van der Waals surface area contributed by atoms with Crippen molar-refractivity contribution < 1.29 is 14.7 Å². The third-order valence-electron chi connectivity index (χ3n) is 5.68. The number of amides is 2. The maximum absolute atomic E-state index is 12.1. The molecule has 3 heterocycles. The molecule has 0 bridgehead atoms. The van der Waals surface area contributed by atoms with Gasteiger partial charge in [-0.3, -0.25) is 9.59 Å². The van der Waals surface area contributed by atoms with Gasteiger partial charge in [-0.2, -0.15) is 5.10 Å². The summed E-state index contributed by atoms with van der Waals surface area (Å²) in [5.74, 6) is 5.39. The van der Waals surface area contributed by atoms with Gasteiger partial charge in [0.2, 0.25) is 5.60 Å². The lowest BCUT2D eigenvalue weighted by atomic mass is 9.86. The summed E-state index contributed by atoms with van der Waals surface area (Å²) in [4.78, 5) is 29.9. The summed E-state index contributed by atoms with van der Waals surface area (Å²) in [5, 5.41) is 14.9. The largest absolute Gasteiger partial charge is 0.369 e. The number of rotatable bonds is 2. The van der Waals surface area contributed by atoms with Gasteiger partial charge in [0.05, 0.1) is 5.69 Å². The molecule has 2 aromatic heterocycles. The van der Waals surface area contributed by atoms with Crippen LogP contribution in [0.1, 0.15) is 59.4 Å². The van der Waals surface area contributed by atoms with Crippen LogP contribution in [0.5, 0.6) is 0 Å². The average molecular weight is 393 g/mol. The van der Waals surface area contributed by atoms with Crippen LogP contribution in [0.2, 0.25) is 0 Å². The Morgan fingerprint density at radius 1 is 1.45 bits per heavy atom. The predicted molar refractivity (Wildman–Crippen MR) is 105 cm³/mol. The van der Waals surface area contributed by atoms with Gasteiger partial charge in [0.25, 0.3) is 11.8 Å². The molecule has 2 aromatic rings. The van der Waals surface area contributed by atoms with Crippen molar-refractivity contribution in [3.63, 3.8) is 0 Å². The monoisotopic (exact) mass is 393 g/mol. The number of hydrogen-bond acceptors (Lipinski definition) is 5. The van der Waals surface area contributed by atoms with Crippen molar-refractivity contribution in [2.75, 3.05) is 13.6 Å². The van der Waals surface area contributed by atoms with Crippen molar-refractivity contribution in [1.29, 1.82) is 0 Å². The molecular formula is C21H23N5O3. The van der Waals surface area contributed by atoms with Gasteiger partial charge < -0.3 is 15.7 Å². The SMILES string of the molecule is CC1CCCc2c1c(C(N)=O)nn2-c1cc(C#CC2(O)CCN(C)C2=O)ccn1. The quantitative estimate of drug-likeness (QED) is 0.731. The smallest absolute Gasteiger partial charge is 0.269 e. The molecule has 0 saturated carbocycles. The second-order valence-electron chi connectivity index (χ2n) is 7.77. The predicted octanol–water partition coefficient (Wildman–Crippen LogP) is 0.751. The number of nitrogens with zero attached hydrogens (tertiary/aromatic N) is 4. The number of likely N-dealkylation sites (tertiary alicyclic amines) is 1. The lowest BCUT2D eigenvalue weighted by molar-refractivity contribution is -0.137. The molecule has 4 rings (SSSR count). The van der Waals surface area contributed by atoms with Gasteiger partial charge in [0, 0.05) is 37.3 Å². The Morgan fingerprint density at radius 3 is 2.93 bits per heavy atom. The maximum Gasteiger partial charge on any atom is 0.269 e. The number of aromatic nitrogens is 3. The molecule has 2 atom stereocenters. The fraction of sp³-hybridized carbons (Fsp3) is 0.429. The minimum absolute atomic E-state index is 0.206. The van der Waals surface area contributed by atoms with Crippen molar-refractivity contribution >= 4 is 11.8 Å². The van der Waals surface area contributed by atoms with Crippen LogP contribution in [0.15, 0.2) is 18.3 Å². The highest BCUT2D eigenvalue weighted by atomic mass is 16.3. The van der Waals surface area contributed by atoms with Gasteiger partial charge in [0.1, 0.15) is 0 Å². The number of carbonyl (C=O) groups is 2. The van der Waals surface area contributed by atoms with E-state index in [0.717, 1.165) is 30.5 Å². The molecular weight excluding hydrogens is 370 g/mol. The fourth-order valence-electron chi connectivity index (χ4n) is 4.07. The molecule has 8 heteroatoms. The number of pyridine rings is 1. The molecule has 2 amide bonds. The molecule has 0 radical (unpaired) electrons. The highest BCUT2D eigenvalue weighted by Gasteiger charge is 2.42. The first-order chi connectivity index (χ1) is 13.8. The van der Waals surface area contributed by atoms with Crippen molar-refractivity contribution in [2.45, 2.75) is 44.1 Å². The first-order valence-electron chi connectivity index (χ1n) is 9.69. The summed E-state index contributed by atoms with van der Waals surface area (Å²) in [5.41, 5.74) is 6.63. The zero-order valence-corrected chi connectivity index (χ0v) is 16.5. The second-order valence-corrected chi connectivity index (χ2v) is 7.77. The molecule has 3 N–H and O–H groups in total. The van der Waals surface area contributed by atoms with Gasteiger partial charge in [-0.25, -0.2) is 9.67 Å². The summed E-state index contributed by atoms with van der Waals surface area (Å²) >= 11 is 0. The number of fused-ring (bicyclic) bond motifs is 1. The van der Waals surface area contributed by atoms with E-state index >= 15 is 0 Å². The molecule has 8 nitrogen and oxygen atoms in total. The number of nitrogens with two attached hydrogens (primary N) is 1. The highest BCUT2D eigenvalue weighted by molar-refractivity contribution is 5.93. The Labute approximate surface area is 168 Å². The first kappa shape index (κ1) is 19.2. The number of primary amides is 1. The van der Waals surface area contributed by atoms with E-state index in [0.29, 0.717) is 23.6 Å². The Kier molecular flexibility index (Phi) is 4.63. The highest BCUT2D eigenvalue weighted by Crippen LogP contribution is 2.34. The van der Waals surface area contributed by atoms with Crippen LogP contribution in [0.25, 0.3) is 5.82 Å². The Morgan fingerprint density at radius 2 is 2.24 bits per heavy atom. The van der Waals surface area contributed by atoms with E-state index in [4.69, 9.17) is 5.73 Å². The molecule has 1 aliphatic carbocycles. The van der Waals surface area contributed by atoms with Gasteiger partial charge in [0.15, 0.2) is 11.5 Å².